The van der Waals surface area contributed by atoms with Crippen LogP contribution in [0.15, 0.2) is 0 Å². The van der Waals surface area contributed by atoms with E-state index in [0.29, 0.717) is 25.6 Å². The third kappa shape index (κ3) is 11.3. The van der Waals surface area contributed by atoms with E-state index < -0.39 is 5.92 Å². The minimum atomic E-state index is -0.427. The molecule has 0 aliphatic carbocycles. The summed E-state index contributed by atoms with van der Waals surface area (Å²) < 4.78 is 10.5. The van der Waals surface area contributed by atoms with E-state index in [1.54, 1.807) is 0 Å². The Labute approximate surface area is 129 Å². The normalized spacial score (nSPS) is 13.4. The van der Waals surface area contributed by atoms with Crippen molar-refractivity contribution < 1.29 is 19.1 Å². The Kier molecular flexibility index (Phi) is 8.60. The van der Waals surface area contributed by atoms with Crippen molar-refractivity contribution in [2.75, 3.05) is 13.2 Å². The van der Waals surface area contributed by atoms with Gasteiger partial charge < -0.3 is 9.47 Å². The van der Waals surface area contributed by atoms with Crippen LogP contribution in [0.1, 0.15) is 61.3 Å². The van der Waals surface area contributed by atoms with Crippen LogP contribution < -0.4 is 0 Å². The fraction of sp³-hybridized carbons (Fsp3) is 0.882. The van der Waals surface area contributed by atoms with E-state index in [1.165, 1.54) is 0 Å². The molecule has 0 spiro atoms. The first kappa shape index (κ1) is 19.9. The van der Waals surface area contributed by atoms with Gasteiger partial charge in [-0.15, -0.1) is 0 Å². The number of ether oxygens (including phenoxy) is 2. The van der Waals surface area contributed by atoms with Gasteiger partial charge in [0.15, 0.2) is 0 Å². The second-order valence-corrected chi connectivity index (χ2v) is 7.77. The van der Waals surface area contributed by atoms with Crippen molar-refractivity contribution in [2.45, 2.75) is 61.3 Å². The van der Waals surface area contributed by atoms with Crippen molar-refractivity contribution in [3.8, 4) is 0 Å². The van der Waals surface area contributed by atoms with Gasteiger partial charge in [-0.1, -0.05) is 48.5 Å². The van der Waals surface area contributed by atoms with E-state index in [9.17, 15) is 9.59 Å². The second kappa shape index (κ2) is 9.06. The van der Waals surface area contributed by atoms with Crippen LogP contribution in [0.3, 0.4) is 0 Å². The molecule has 0 saturated carbocycles. The molecule has 0 aromatic carbocycles. The van der Waals surface area contributed by atoms with Crippen LogP contribution >= 0.6 is 0 Å². The predicted octanol–water partition coefficient (Wildman–Crippen LogP) is 3.83. The molecule has 124 valence electrons. The summed E-state index contributed by atoms with van der Waals surface area (Å²) in [5.41, 5.74) is -0.0418. The van der Waals surface area contributed by atoms with Gasteiger partial charge >= 0.3 is 11.9 Å². The molecule has 4 heteroatoms. The molecule has 0 heterocycles. The molecule has 0 saturated heterocycles. The summed E-state index contributed by atoms with van der Waals surface area (Å²) in [6, 6.07) is 0. The smallest absolute Gasteiger partial charge is 0.309 e. The molecule has 4 nitrogen and oxygen atoms in total. The fourth-order valence-electron chi connectivity index (χ4n) is 1.86. The van der Waals surface area contributed by atoms with E-state index in [-0.39, 0.29) is 29.7 Å². The highest BCUT2D eigenvalue weighted by molar-refractivity contribution is 5.80. The number of carbonyl (C=O) groups is 2. The highest BCUT2D eigenvalue weighted by Crippen LogP contribution is 2.27. The summed E-state index contributed by atoms with van der Waals surface area (Å²) in [7, 11) is 0. The maximum absolute atomic E-state index is 12.2. The van der Waals surface area contributed by atoms with E-state index in [2.05, 4.69) is 20.8 Å². The van der Waals surface area contributed by atoms with Crippen LogP contribution in [0.2, 0.25) is 0 Å². The van der Waals surface area contributed by atoms with Gasteiger partial charge in [0.25, 0.3) is 0 Å². The van der Waals surface area contributed by atoms with Crippen molar-refractivity contribution >= 4 is 11.9 Å². The molecular formula is C17H32O4. The van der Waals surface area contributed by atoms with Gasteiger partial charge in [0, 0.05) is 0 Å². The molecule has 0 amide bonds. The zero-order valence-electron chi connectivity index (χ0n) is 14.7. The molecule has 0 N–H and O–H groups in total. The lowest BCUT2D eigenvalue weighted by molar-refractivity contribution is -0.157. The summed E-state index contributed by atoms with van der Waals surface area (Å²) in [6.07, 6.45) is 0.710. The number of esters is 2. The third-order valence-corrected chi connectivity index (χ3v) is 2.74. The van der Waals surface area contributed by atoms with Crippen LogP contribution in [0, 0.1) is 23.2 Å². The van der Waals surface area contributed by atoms with Crippen molar-refractivity contribution in [3.63, 3.8) is 0 Å². The average molecular weight is 300 g/mol. The first-order valence-corrected chi connectivity index (χ1v) is 7.83. The zero-order chi connectivity index (χ0) is 16.6. The molecule has 0 rings (SSSR count). The minimum Gasteiger partial charge on any atom is -0.465 e. The summed E-state index contributed by atoms with van der Waals surface area (Å²) in [4.78, 5) is 24.0. The van der Waals surface area contributed by atoms with Crippen molar-refractivity contribution in [3.05, 3.63) is 0 Å². The quantitative estimate of drug-likeness (QED) is 0.639. The lowest BCUT2D eigenvalue weighted by Crippen LogP contribution is -2.27. The van der Waals surface area contributed by atoms with Gasteiger partial charge in [-0.25, -0.2) is 0 Å². The van der Waals surface area contributed by atoms with Gasteiger partial charge in [-0.2, -0.15) is 0 Å². The summed E-state index contributed by atoms with van der Waals surface area (Å²) >= 11 is 0. The van der Waals surface area contributed by atoms with Gasteiger partial charge in [-0.3, -0.25) is 9.59 Å². The van der Waals surface area contributed by atoms with Crippen LogP contribution in [-0.2, 0) is 19.1 Å². The van der Waals surface area contributed by atoms with Crippen molar-refractivity contribution in [1.82, 2.24) is 0 Å². The Morgan fingerprint density at radius 3 is 1.81 bits per heavy atom. The summed E-state index contributed by atoms with van der Waals surface area (Å²) in [5, 5.41) is 0. The zero-order valence-corrected chi connectivity index (χ0v) is 14.7. The van der Waals surface area contributed by atoms with Crippen LogP contribution in [0.25, 0.3) is 0 Å². The Morgan fingerprint density at radius 1 is 0.905 bits per heavy atom. The third-order valence-electron chi connectivity index (χ3n) is 2.74. The van der Waals surface area contributed by atoms with E-state index in [0.717, 1.165) is 0 Å². The van der Waals surface area contributed by atoms with Crippen LogP contribution in [0.5, 0.6) is 0 Å². The molecule has 0 radical (unpaired) electrons. The van der Waals surface area contributed by atoms with Gasteiger partial charge in [0.2, 0.25) is 0 Å². The van der Waals surface area contributed by atoms with Crippen molar-refractivity contribution in [2.24, 2.45) is 23.2 Å². The Hall–Kier alpha value is -1.06. The second-order valence-electron chi connectivity index (χ2n) is 7.77. The molecule has 0 bridgehead atoms. The van der Waals surface area contributed by atoms with Crippen LogP contribution in [-0.4, -0.2) is 25.2 Å². The SMILES string of the molecule is CC(C)COC(=O)CC(CC(C)(C)C)C(=O)OCC(C)C. The topological polar surface area (TPSA) is 52.6 Å². The maximum Gasteiger partial charge on any atom is 0.309 e. The monoisotopic (exact) mass is 300 g/mol. The number of rotatable bonds is 8. The standard InChI is InChI=1S/C17H32O4/c1-12(2)10-20-15(18)8-14(9-17(5,6)7)16(19)21-11-13(3)4/h12-14H,8-11H2,1-7H3. The van der Waals surface area contributed by atoms with Gasteiger partial charge in [0.05, 0.1) is 25.6 Å². The number of carbonyl (C=O) groups excluding carboxylic acids is 2. The molecule has 1 atom stereocenters. The van der Waals surface area contributed by atoms with E-state index in [4.69, 9.17) is 9.47 Å². The summed E-state index contributed by atoms with van der Waals surface area (Å²) in [5.74, 6) is -0.456. The van der Waals surface area contributed by atoms with Gasteiger partial charge in [-0.05, 0) is 23.7 Å². The number of hydrogen-bond donors (Lipinski definition) is 0. The number of hydrogen-bond acceptors (Lipinski definition) is 4. The molecule has 0 aromatic heterocycles. The molecule has 0 aliphatic rings. The lowest BCUT2D eigenvalue weighted by atomic mass is 9.83. The molecular weight excluding hydrogens is 268 g/mol. The van der Waals surface area contributed by atoms with Crippen LogP contribution in [0.4, 0.5) is 0 Å². The highest BCUT2D eigenvalue weighted by atomic mass is 16.5. The predicted molar refractivity (Wildman–Crippen MR) is 83.8 cm³/mol. The molecule has 21 heavy (non-hydrogen) atoms. The summed E-state index contributed by atoms with van der Waals surface area (Å²) in [6.45, 7) is 14.9. The average Bonchev–Trinajstić information content (AvgIpc) is 2.30. The highest BCUT2D eigenvalue weighted by Gasteiger charge is 2.29. The maximum atomic E-state index is 12.2. The Morgan fingerprint density at radius 2 is 1.38 bits per heavy atom. The fourth-order valence-corrected chi connectivity index (χ4v) is 1.86. The molecule has 0 fully saturated rings. The molecule has 0 aromatic rings. The largest absolute Gasteiger partial charge is 0.465 e. The first-order valence-electron chi connectivity index (χ1n) is 7.83. The Balaban J connectivity index is 4.58. The Bertz CT molecular complexity index is 326. The van der Waals surface area contributed by atoms with E-state index >= 15 is 0 Å². The van der Waals surface area contributed by atoms with Gasteiger partial charge in [0.1, 0.15) is 0 Å². The molecule has 1 unspecified atom stereocenters. The van der Waals surface area contributed by atoms with E-state index in [1.807, 2.05) is 27.7 Å². The first-order chi connectivity index (χ1) is 9.51. The lowest BCUT2D eigenvalue weighted by Gasteiger charge is -2.24. The molecule has 0 aliphatic heterocycles. The van der Waals surface area contributed by atoms with Crippen molar-refractivity contribution in [1.29, 1.82) is 0 Å². The minimum absolute atomic E-state index is 0.0418.